The van der Waals surface area contributed by atoms with Crippen LogP contribution in [0.15, 0.2) is 84.0 Å². The summed E-state index contributed by atoms with van der Waals surface area (Å²) in [5.41, 5.74) is 7.90. The van der Waals surface area contributed by atoms with E-state index in [0.29, 0.717) is 21.7 Å². The van der Waals surface area contributed by atoms with E-state index >= 15 is 0 Å². The first-order valence-corrected chi connectivity index (χ1v) is 10.3. The number of nitrogens with one attached hydrogen (secondary N) is 1. The van der Waals surface area contributed by atoms with Gasteiger partial charge in [0, 0.05) is 27.9 Å². The van der Waals surface area contributed by atoms with E-state index in [4.69, 9.17) is 10.9 Å². The number of hydrogen-bond donors (Lipinski definition) is 3. The topological polar surface area (TPSA) is 105 Å². The van der Waals surface area contributed by atoms with E-state index in [1.165, 1.54) is 11.3 Å². The van der Waals surface area contributed by atoms with Crippen LogP contribution < -0.4 is 11.1 Å². The molecule has 4 N–H and O–H groups in total. The molecule has 0 unspecified atom stereocenters. The van der Waals surface area contributed by atoms with Crippen molar-refractivity contribution in [3.05, 3.63) is 100 Å². The Labute approximate surface area is 182 Å². The van der Waals surface area contributed by atoms with Crippen molar-refractivity contribution >= 4 is 44.6 Å². The molecule has 0 aliphatic carbocycles. The van der Waals surface area contributed by atoms with Crippen molar-refractivity contribution in [3.8, 4) is 0 Å². The van der Waals surface area contributed by atoms with Crippen LogP contribution in [0.5, 0.6) is 0 Å². The van der Waals surface area contributed by atoms with Gasteiger partial charge < -0.3 is 16.3 Å². The highest BCUT2D eigenvalue weighted by Crippen LogP contribution is 2.26. The zero-order chi connectivity index (χ0) is 21.8. The average Bonchev–Trinajstić information content (AvgIpc) is 3.24. The number of amides is 1. The molecule has 1 amide bonds. The first-order chi connectivity index (χ1) is 15.0. The summed E-state index contributed by atoms with van der Waals surface area (Å²) in [6.07, 6.45) is 0.225. The molecule has 0 spiro atoms. The van der Waals surface area contributed by atoms with Gasteiger partial charge in [0.05, 0.1) is 4.88 Å². The molecule has 0 saturated carbocycles. The van der Waals surface area contributed by atoms with Gasteiger partial charge >= 0.3 is 0 Å². The Morgan fingerprint density at radius 2 is 1.71 bits per heavy atom. The van der Waals surface area contributed by atoms with Gasteiger partial charge in [-0.15, -0.1) is 11.3 Å². The van der Waals surface area contributed by atoms with Crippen molar-refractivity contribution in [3.63, 3.8) is 0 Å². The third kappa shape index (κ3) is 4.62. The number of fused-ring (bicyclic) bond motifs is 1. The first-order valence-electron chi connectivity index (χ1n) is 9.53. The quantitative estimate of drug-likeness (QED) is 0.136. The summed E-state index contributed by atoms with van der Waals surface area (Å²) >= 11 is 1.48. The van der Waals surface area contributed by atoms with Crippen molar-refractivity contribution in [2.45, 2.75) is 6.42 Å². The number of rotatable bonds is 6. The second-order valence-corrected chi connectivity index (χ2v) is 8.05. The number of benzene rings is 3. The Balaban J connectivity index is 1.46. The SMILES string of the molecule is NC(=NO)c1ccc(NC(=O)c2cccc(CC(=O)c3cc4ccccc4s3)c2)cc1. The van der Waals surface area contributed by atoms with Gasteiger partial charge in [-0.2, -0.15) is 0 Å². The number of amidine groups is 1. The number of nitrogens with two attached hydrogens (primary N) is 1. The predicted molar refractivity (Wildman–Crippen MR) is 123 cm³/mol. The number of oxime groups is 1. The van der Waals surface area contributed by atoms with E-state index in [2.05, 4.69) is 10.5 Å². The molecule has 4 aromatic rings. The van der Waals surface area contributed by atoms with Crippen LogP contribution >= 0.6 is 11.3 Å². The van der Waals surface area contributed by atoms with Gasteiger partial charge in [-0.05, 0) is 59.5 Å². The average molecular weight is 430 g/mol. The Morgan fingerprint density at radius 3 is 2.45 bits per heavy atom. The Bertz CT molecular complexity index is 1260. The van der Waals surface area contributed by atoms with Crippen LogP contribution in [-0.2, 0) is 6.42 Å². The molecule has 1 heterocycles. The largest absolute Gasteiger partial charge is 0.409 e. The molecule has 0 aliphatic heterocycles. The molecule has 7 heteroatoms. The van der Waals surface area contributed by atoms with Crippen LogP contribution in [0.3, 0.4) is 0 Å². The maximum Gasteiger partial charge on any atom is 0.255 e. The highest BCUT2D eigenvalue weighted by atomic mass is 32.1. The summed E-state index contributed by atoms with van der Waals surface area (Å²) in [5, 5.41) is 15.5. The Morgan fingerprint density at radius 1 is 0.935 bits per heavy atom. The number of anilines is 1. The van der Waals surface area contributed by atoms with Crippen LogP contribution in [0.25, 0.3) is 10.1 Å². The fourth-order valence-corrected chi connectivity index (χ4v) is 4.20. The molecule has 3 aromatic carbocycles. The highest BCUT2D eigenvalue weighted by molar-refractivity contribution is 7.20. The van der Waals surface area contributed by atoms with Crippen molar-refractivity contribution in [2.24, 2.45) is 10.9 Å². The third-order valence-electron chi connectivity index (χ3n) is 4.80. The third-order valence-corrected chi connectivity index (χ3v) is 5.96. The summed E-state index contributed by atoms with van der Waals surface area (Å²) in [5.74, 6) is -0.265. The van der Waals surface area contributed by atoms with Gasteiger partial charge in [-0.3, -0.25) is 9.59 Å². The van der Waals surface area contributed by atoms with Gasteiger partial charge in [-0.1, -0.05) is 35.5 Å². The summed E-state index contributed by atoms with van der Waals surface area (Å²) < 4.78 is 1.08. The van der Waals surface area contributed by atoms with Gasteiger partial charge in [0.15, 0.2) is 11.6 Å². The molecule has 4 rings (SSSR count). The minimum Gasteiger partial charge on any atom is -0.409 e. The number of nitrogens with zero attached hydrogens (tertiary/aromatic N) is 1. The van der Waals surface area contributed by atoms with E-state index in [1.54, 1.807) is 42.5 Å². The lowest BCUT2D eigenvalue weighted by Crippen LogP contribution is -2.14. The molecule has 154 valence electrons. The molecule has 0 atom stereocenters. The lowest BCUT2D eigenvalue weighted by atomic mass is 10.0. The number of carbonyl (C=O) groups is 2. The second kappa shape index (κ2) is 8.81. The van der Waals surface area contributed by atoms with Crippen LogP contribution in [0, 0.1) is 0 Å². The van der Waals surface area contributed by atoms with E-state index in [-0.39, 0.29) is 23.9 Å². The smallest absolute Gasteiger partial charge is 0.255 e. The normalized spacial score (nSPS) is 11.4. The van der Waals surface area contributed by atoms with Gasteiger partial charge in [0.2, 0.25) is 0 Å². The van der Waals surface area contributed by atoms with Crippen LogP contribution in [0.2, 0.25) is 0 Å². The Hall–Kier alpha value is -3.97. The van der Waals surface area contributed by atoms with Crippen molar-refractivity contribution < 1.29 is 14.8 Å². The fraction of sp³-hybridized carbons (Fsp3) is 0.0417. The van der Waals surface area contributed by atoms with E-state index in [1.807, 2.05) is 36.4 Å². The number of Topliss-reactive ketones (excluding diaryl/α,β-unsaturated/α-hetero) is 1. The molecule has 0 radical (unpaired) electrons. The number of hydrogen-bond acceptors (Lipinski definition) is 5. The first kappa shape index (κ1) is 20.3. The number of ketones is 1. The molecule has 0 aliphatic rings. The van der Waals surface area contributed by atoms with Gasteiger partial charge in [0.25, 0.3) is 5.91 Å². The van der Waals surface area contributed by atoms with E-state index < -0.39 is 0 Å². The molecule has 0 saturated heterocycles. The highest BCUT2D eigenvalue weighted by Gasteiger charge is 2.13. The van der Waals surface area contributed by atoms with Gasteiger partial charge in [0.1, 0.15) is 0 Å². The maximum atomic E-state index is 12.7. The number of thiophene rings is 1. The molecule has 0 fully saturated rings. The fourth-order valence-electron chi connectivity index (χ4n) is 3.20. The standard InChI is InChI=1S/C24H19N3O3S/c25-23(27-30)16-8-10-19(11-9-16)26-24(29)18-6-3-4-15(12-18)13-20(28)22-14-17-5-1-2-7-21(17)31-22/h1-12,14,30H,13H2,(H2,25,27)(H,26,29). The minimum absolute atomic E-state index is 0.00567. The molecule has 6 nitrogen and oxygen atoms in total. The van der Waals surface area contributed by atoms with Crippen molar-refractivity contribution in [1.29, 1.82) is 0 Å². The monoisotopic (exact) mass is 429 g/mol. The number of carbonyl (C=O) groups excluding carboxylic acids is 2. The molecule has 0 bridgehead atoms. The minimum atomic E-state index is -0.285. The van der Waals surface area contributed by atoms with Gasteiger partial charge in [-0.25, -0.2) is 0 Å². The van der Waals surface area contributed by atoms with Crippen molar-refractivity contribution in [2.75, 3.05) is 5.32 Å². The summed E-state index contributed by atoms with van der Waals surface area (Å²) in [6.45, 7) is 0. The molecule has 31 heavy (non-hydrogen) atoms. The molecule has 1 aromatic heterocycles. The second-order valence-electron chi connectivity index (χ2n) is 6.97. The van der Waals surface area contributed by atoms with E-state index in [9.17, 15) is 9.59 Å². The van der Waals surface area contributed by atoms with Crippen molar-refractivity contribution in [1.82, 2.24) is 0 Å². The van der Waals surface area contributed by atoms with Crippen LogP contribution in [0.4, 0.5) is 5.69 Å². The van der Waals surface area contributed by atoms with Crippen LogP contribution in [0.1, 0.15) is 31.2 Å². The summed E-state index contributed by atoms with van der Waals surface area (Å²) in [4.78, 5) is 26.1. The molecular formula is C24H19N3O3S. The Kier molecular flexibility index (Phi) is 5.77. The zero-order valence-corrected chi connectivity index (χ0v) is 17.2. The maximum absolute atomic E-state index is 12.7. The summed E-state index contributed by atoms with van der Waals surface area (Å²) in [7, 11) is 0. The predicted octanol–water partition coefficient (Wildman–Crippen LogP) is 4.67. The molecular weight excluding hydrogens is 410 g/mol. The summed E-state index contributed by atoms with van der Waals surface area (Å²) in [6, 6.07) is 23.5. The van der Waals surface area contributed by atoms with Crippen LogP contribution in [-0.4, -0.2) is 22.7 Å². The van der Waals surface area contributed by atoms with E-state index in [0.717, 1.165) is 15.6 Å². The zero-order valence-electron chi connectivity index (χ0n) is 16.4. The lowest BCUT2D eigenvalue weighted by Gasteiger charge is -2.08. The lowest BCUT2D eigenvalue weighted by molar-refractivity contribution is 0.0992.